The summed E-state index contributed by atoms with van der Waals surface area (Å²) in [5.74, 6) is 0.796. The van der Waals surface area contributed by atoms with Crippen LogP contribution < -0.4 is 4.74 Å². The number of halogens is 2. The molecule has 41 heavy (non-hydrogen) atoms. The van der Waals surface area contributed by atoms with Gasteiger partial charge < -0.3 is 19.7 Å². The summed E-state index contributed by atoms with van der Waals surface area (Å²) in [4.78, 5) is 2.06. The van der Waals surface area contributed by atoms with Crippen LogP contribution in [-0.2, 0) is 17.6 Å². The predicted molar refractivity (Wildman–Crippen MR) is 166 cm³/mol. The molecular formula is C34H37Cl2NO4. The van der Waals surface area contributed by atoms with E-state index in [2.05, 4.69) is 17.0 Å². The van der Waals surface area contributed by atoms with Crippen molar-refractivity contribution >= 4 is 23.2 Å². The van der Waals surface area contributed by atoms with Gasteiger partial charge >= 0.3 is 0 Å². The molecule has 2 atom stereocenters. The van der Waals surface area contributed by atoms with Crippen LogP contribution in [0.3, 0.4) is 0 Å². The van der Waals surface area contributed by atoms with Crippen LogP contribution in [0.5, 0.6) is 5.75 Å². The van der Waals surface area contributed by atoms with Crippen LogP contribution in [-0.4, -0.2) is 54.6 Å². The molecule has 2 N–H and O–H groups in total. The van der Waals surface area contributed by atoms with E-state index in [0.29, 0.717) is 49.5 Å². The Bertz CT molecular complexity index is 1270. The first kappa shape index (κ1) is 31.0. The van der Waals surface area contributed by atoms with Crippen molar-refractivity contribution in [2.24, 2.45) is 0 Å². The van der Waals surface area contributed by atoms with Gasteiger partial charge in [0.1, 0.15) is 12.4 Å². The molecule has 5 nitrogen and oxygen atoms in total. The molecule has 0 unspecified atom stereocenters. The van der Waals surface area contributed by atoms with Gasteiger partial charge in [0.25, 0.3) is 0 Å². The molecule has 4 aromatic rings. The van der Waals surface area contributed by atoms with E-state index in [9.17, 15) is 10.2 Å². The van der Waals surface area contributed by atoms with Crippen LogP contribution in [0.4, 0.5) is 0 Å². The molecule has 0 fully saturated rings. The fourth-order valence-electron chi connectivity index (χ4n) is 4.58. The second-order valence-corrected chi connectivity index (χ2v) is 10.9. The van der Waals surface area contributed by atoms with Crippen molar-refractivity contribution in [1.82, 2.24) is 4.90 Å². The molecule has 0 amide bonds. The van der Waals surface area contributed by atoms with Crippen molar-refractivity contribution in [3.8, 4) is 5.75 Å². The number of hydrogen-bond acceptors (Lipinski definition) is 5. The average molecular weight is 595 g/mol. The second kappa shape index (κ2) is 16.5. The second-order valence-electron chi connectivity index (χ2n) is 9.99. The molecule has 0 radical (unpaired) electrons. The molecule has 0 bridgehead atoms. The molecule has 0 saturated heterocycles. The van der Waals surface area contributed by atoms with Gasteiger partial charge in [-0.1, -0.05) is 89.9 Å². The molecule has 0 heterocycles. The van der Waals surface area contributed by atoms with E-state index in [1.165, 1.54) is 5.56 Å². The first-order chi connectivity index (χ1) is 20.0. The maximum absolute atomic E-state index is 10.9. The number of benzene rings is 4. The third-order valence-electron chi connectivity index (χ3n) is 6.84. The van der Waals surface area contributed by atoms with E-state index >= 15 is 0 Å². The van der Waals surface area contributed by atoms with Gasteiger partial charge in [0.2, 0.25) is 0 Å². The lowest BCUT2D eigenvalue weighted by Crippen LogP contribution is -2.34. The van der Waals surface area contributed by atoms with Crippen LogP contribution in [0.15, 0.2) is 103 Å². The summed E-state index contributed by atoms with van der Waals surface area (Å²) < 4.78 is 11.5. The minimum absolute atomic E-state index is 0.351. The third-order valence-corrected chi connectivity index (χ3v) is 7.31. The number of aliphatic hydroxyl groups excluding tert-OH is 2. The lowest BCUT2D eigenvalue weighted by Gasteiger charge is -2.28. The first-order valence-corrected chi connectivity index (χ1v) is 14.6. The molecule has 4 aromatic carbocycles. The van der Waals surface area contributed by atoms with Gasteiger partial charge in [0, 0.05) is 29.7 Å². The van der Waals surface area contributed by atoms with Gasteiger partial charge in [0.15, 0.2) is 0 Å². The number of ether oxygens (including phenoxy) is 2. The van der Waals surface area contributed by atoms with Crippen LogP contribution in [0.2, 0.25) is 10.0 Å². The summed E-state index contributed by atoms with van der Waals surface area (Å²) in [5.41, 5.74) is 3.88. The lowest BCUT2D eigenvalue weighted by molar-refractivity contribution is 0.0694. The Hall–Kier alpha value is -2.90. The molecule has 0 saturated carbocycles. The summed E-state index contributed by atoms with van der Waals surface area (Å²) in [5, 5.41) is 23.0. The third kappa shape index (κ3) is 10.8. The van der Waals surface area contributed by atoms with Crippen LogP contribution in [0, 0.1) is 0 Å². The van der Waals surface area contributed by atoms with E-state index in [-0.39, 0.29) is 0 Å². The molecular weight excluding hydrogens is 557 g/mol. The molecule has 0 spiro atoms. The van der Waals surface area contributed by atoms with Crippen LogP contribution in [0.1, 0.15) is 34.5 Å². The summed E-state index contributed by atoms with van der Waals surface area (Å²) >= 11 is 12.3. The summed E-state index contributed by atoms with van der Waals surface area (Å²) in [6.07, 6.45) is 0.142. The summed E-state index contributed by atoms with van der Waals surface area (Å²) in [6.45, 7) is 3.04. The zero-order valence-corrected chi connectivity index (χ0v) is 24.6. The predicted octanol–water partition coefficient (Wildman–Crippen LogP) is 6.94. The van der Waals surface area contributed by atoms with E-state index < -0.39 is 12.2 Å². The van der Waals surface area contributed by atoms with Crippen molar-refractivity contribution in [1.29, 1.82) is 0 Å². The Morgan fingerprint density at radius 1 is 0.610 bits per heavy atom. The molecule has 7 heteroatoms. The van der Waals surface area contributed by atoms with Gasteiger partial charge in [-0.15, -0.1) is 0 Å². The average Bonchev–Trinajstić information content (AvgIpc) is 2.98. The summed E-state index contributed by atoms with van der Waals surface area (Å²) in [7, 11) is 0. The van der Waals surface area contributed by atoms with Crippen molar-refractivity contribution in [3.05, 3.63) is 135 Å². The Morgan fingerprint density at radius 2 is 1.20 bits per heavy atom. The van der Waals surface area contributed by atoms with E-state index in [1.54, 1.807) is 24.3 Å². The highest BCUT2D eigenvalue weighted by molar-refractivity contribution is 6.30. The van der Waals surface area contributed by atoms with Gasteiger partial charge in [0.05, 0.1) is 25.4 Å². The SMILES string of the molecule is O[C@H](CN(CCc1ccc(OCCOCCc2ccccc2)cc1)C[C@H](O)c1cccc(Cl)c1)c1cccc(Cl)c1. The topological polar surface area (TPSA) is 62.2 Å². The van der Waals surface area contributed by atoms with Gasteiger partial charge in [-0.2, -0.15) is 0 Å². The number of nitrogens with zero attached hydrogens (tertiary/aromatic N) is 1. The molecule has 0 aliphatic heterocycles. The maximum atomic E-state index is 10.9. The van der Waals surface area contributed by atoms with Crippen molar-refractivity contribution < 1.29 is 19.7 Å². The minimum Gasteiger partial charge on any atom is -0.491 e. The fraction of sp³-hybridized carbons (Fsp3) is 0.294. The minimum atomic E-state index is -0.744. The normalized spacial score (nSPS) is 12.8. The Balaban J connectivity index is 1.27. The number of aliphatic hydroxyl groups is 2. The lowest BCUT2D eigenvalue weighted by atomic mass is 10.1. The Kier molecular flexibility index (Phi) is 12.5. The largest absolute Gasteiger partial charge is 0.491 e. The Labute approximate surface area is 252 Å². The molecule has 0 aliphatic rings. The standard InChI is InChI=1S/C34H37Cl2NO4/c35-30-10-4-8-28(22-30)33(38)24-37(25-34(39)29-9-5-11-31(36)23-29)18-16-27-12-14-32(15-13-27)41-21-20-40-19-17-26-6-2-1-3-7-26/h1-15,22-23,33-34,38-39H,16-21,24-25H2/t33-,34+. The molecule has 4 rings (SSSR count). The Morgan fingerprint density at radius 3 is 1.78 bits per heavy atom. The van der Waals surface area contributed by atoms with Crippen molar-refractivity contribution in [2.45, 2.75) is 25.0 Å². The van der Waals surface area contributed by atoms with Gasteiger partial charge in [-0.3, -0.25) is 4.90 Å². The quantitative estimate of drug-likeness (QED) is 0.138. The van der Waals surface area contributed by atoms with E-state index in [1.807, 2.05) is 66.7 Å². The molecule has 0 aliphatic carbocycles. The zero-order valence-electron chi connectivity index (χ0n) is 23.0. The highest BCUT2D eigenvalue weighted by atomic mass is 35.5. The van der Waals surface area contributed by atoms with Crippen LogP contribution >= 0.6 is 23.2 Å². The smallest absolute Gasteiger partial charge is 0.119 e. The van der Waals surface area contributed by atoms with Gasteiger partial charge in [-0.05, 0) is 71.5 Å². The van der Waals surface area contributed by atoms with Crippen molar-refractivity contribution in [2.75, 3.05) is 39.5 Å². The van der Waals surface area contributed by atoms with E-state index in [0.717, 1.165) is 35.3 Å². The fourth-order valence-corrected chi connectivity index (χ4v) is 4.98. The first-order valence-electron chi connectivity index (χ1n) is 13.9. The zero-order chi connectivity index (χ0) is 28.9. The van der Waals surface area contributed by atoms with Gasteiger partial charge in [-0.25, -0.2) is 0 Å². The molecule has 0 aromatic heterocycles. The van der Waals surface area contributed by atoms with Crippen LogP contribution in [0.25, 0.3) is 0 Å². The highest BCUT2D eigenvalue weighted by Gasteiger charge is 2.19. The maximum Gasteiger partial charge on any atom is 0.119 e. The van der Waals surface area contributed by atoms with Crippen molar-refractivity contribution in [3.63, 3.8) is 0 Å². The molecule has 216 valence electrons. The number of rotatable bonds is 16. The van der Waals surface area contributed by atoms with E-state index in [4.69, 9.17) is 32.7 Å². The number of hydrogen-bond donors (Lipinski definition) is 2. The summed E-state index contributed by atoms with van der Waals surface area (Å²) in [6, 6.07) is 32.8. The monoisotopic (exact) mass is 593 g/mol. The highest BCUT2D eigenvalue weighted by Crippen LogP contribution is 2.23.